The number of ether oxygens (including phenoxy) is 3. The summed E-state index contributed by atoms with van der Waals surface area (Å²) in [5.41, 5.74) is 0.394. The highest BCUT2D eigenvalue weighted by molar-refractivity contribution is 7.89. The quantitative estimate of drug-likeness (QED) is 0.0799. The molecule has 0 saturated heterocycles. The van der Waals surface area contributed by atoms with Crippen LogP contribution in [-0.2, 0) is 52.7 Å². The summed E-state index contributed by atoms with van der Waals surface area (Å²) in [6.45, 7) is 7.95. The smallest absolute Gasteiger partial charge is 0.407 e. The molecule has 0 fully saturated rings. The number of aliphatic hydroxyl groups is 1. The van der Waals surface area contributed by atoms with E-state index in [4.69, 9.17) is 23.3 Å². The third-order valence-electron chi connectivity index (χ3n) is 8.71. The van der Waals surface area contributed by atoms with Gasteiger partial charge >= 0.3 is 13.7 Å². The molecular weight excluding hydrogens is 756 g/mol. The fourth-order valence-electron chi connectivity index (χ4n) is 5.74. The number of nitrogens with one attached hydrogen (secondary N) is 1. The minimum Gasteiger partial charge on any atom is -0.497 e. The van der Waals surface area contributed by atoms with E-state index >= 15 is 0 Å². The van der Waals surface area contributed by atoms with Gasteiger partial charge in [-0.25, -0.2) is 13.2 Å². The Labute approximate surface area is 331 Å². The van der Waals surface area contributed by atoms with Gasteiger partial charge in [0.15, 0.2) is 0 Å². The van der Waals surface area contributed by atoms with Gasteiger partial charge in [0.1, 0.15) is 17.7 Å². The number of amides is 1. The number of rotatable bonds is 21. The number of hydrogen-bond donors (Lipinski definition) is 2. The van der Waals surface area contributed by atoms with Crippen LogP contribution in [0.4, 0.5) is 4.79 Å². The normalized spacial score (nSPS) is 13.6. The molecule has 4 aromatic carbocycles. The lowest BCUT2D eigenvalue weighted by atomic mass is 9.93. The Morgan fingerprint density at radius 2 is 1.29 bits per heavy atom. The van der Waals surface area contributed by atoms with E-state index in [1.54, 1.807) is 46.8 Å². The van der Waals surface area contributed by atoms with Crippen LogP contribution in [0.2, 0.25) is 0 Å². The van der Waals surface area contributed by atoms with E-state index in [0.717, 1.165) is 16.7 Å². The van der Waals surface area contributed by atoms with Crippen LogP contribution < -0.4 is 10.1 Å². The van der Waals surface area contributed by atoms with E-state index in [0.29, 0.717) is 12.2 Å². The number of benzene rings is 4. The molecule has 0 radical (unpaired) electrons. The van der Waals surface area contributed by atoms with Crippen LogP contribution in [0.1, 0.15) is 51.3 Å². The molecule has 0 aliphatic rings. The second-order valence-electron chi connectivity index (χ2n) is 15.0. The Morgan fingerprint density at radius 1 is 0.786 bits per heavy atom. The topological polar surface area (TPSA) is 150 Å². The lowest BCUT2D eigenvalue weighted by Crippen LogP contribution is -2.55. The predicted octanol–water partition coefficient (Wildman–Crippen LogP) is 7.81. The fraction of sp³-hybridized carbons (Fsp3) is 0.405. The Bertz CT molecular complexity index is 1900. The standard InChI is InChI=1S/C42H55N2O10PS/c1-41(2,3)54-40(46)43-27-36(26-33-16-10-7-11-17-33)39(45)28-44(56(48,49)38-24-22-37(50-6)23-25-38)42(4,5)31-51-32-55(47,52-29-34-18-12-8-13-19-34)53-30-35-20-14-9-15-21-35/h7-25,36,39,45H,26-32H2,1-6H3,(H,43,46)/t36-,39-/m1/s1. The molecular formula is C42H55N2O10PS. The van der Waals surface area contributed by atoms with E-state index in [9.17, 15) is 22.9 Å². The SMILES string of the molecule is COc1ccc(S(=O)(=O)N(C[C@@H](O)[C@@H](CNC(=O)OC(C)(C)C)Cc2ccccc2)C(C)(C)COCP(=O)(OCc2ccccc2)OCc2ccccc2)cc1. The van der Waals surface area contributed by atoms with E-state index in [1.165, 1.54) is 23.5 Å². The molecule has 4 rings (SSSR count). The van der Waals surface area contributed by atoms with Crippen molar-refractivity contribution in [2.45, 2.75) is 76.4 Å². The average Bonchev–Trinajstić information content (AvgIpc) is 3.17. The van der Waals surface area contributed by atoms with Crippen LogP contribution >= 0.6 is 7.60 Å². The van der Waals surface area contributed by atoms with Gasteiger partial charge in [0.2, 0.25) is 10.0 Å². The van der Waals surface area contributed by atoms with Crippen molar-refractivity contribution in [3.63, 3.8) is 0 Å². The monoisotopic (exact) mass is 810 g/mol. The number of alkyl carbamates (subject to hydrolysis) is 1. The highest BCUT2D eigenvalue weighted by Crippen LogP contribution is 2.50. The molecule has 2 N–H and O–H groups in total. The van der Waals surface area contributed by atoms with Crippen LogP contribution in [-0.4, -0.2) is 74.3 Å². The number of sulfonamides is 1. The first-order chi connectivity index (χ1) is 26.5. The molecule has 14 heteroatoms. The van der Waals surface area contributed by atoms with Crippen LogP contribution in [0.25, 0.3) is 0 Å². The van der Waals surface area contributed by atoms with Gasteiger partial charge in [-0.05, 0) is 82.0 Å². The van der Waals surface area contributed by atoms with E-state index < -0.39 is 53.2 Å². The number of carbonyl (C=O) groups is 1. The molecule has 56 heavy (non-hydrogen) atoms. The Morgan fingerprint density at radius 3 is 1.77 bits per heavy atom. The second-order valence-corrected chi connectivity index (χ2v) is 18.9. The summed E-state index contributed by atoms with van der Waals surface area (Å²) >= 11 is 0. The van der Waals surface area contributed by atoms with Gasteiger partial charge in [-0.3, -0.25) is 4.57 Å². The van der Waals surface area contributed by atoms with E-state index in [1.807, 2.05) is 91.0 Å². The van der Waals surface area contributed by atoms with E-state index in [2.05, 4.69) is 5.32 Å². The molecule has 1 amide bonds. The minimum atomic E-state index is -4.30. The van der Waals surface area contributed by atoms with Crippen LogP contribution in [0.5, 0.6) is 5.75 Å². The maximum absolute atomic E-state index is 14.5. The summed E-state index contributed by atoms with van der Waals surface area (Å²) in [7, 11) is -6.72. The maximum atomic E-state index is 14.5. The first kappa shape index (κ1) is 44.6. The van der Waals surface area contributed by atoms with Crippen molar-refractivity contribution in [2.24, 2.45) is 5.92 Å². The molecule has 0 spiro atoms. The predicted molar refractivity (Wildman–Crippen MR) is 216 cm³/mol. The molecule has 0 unspecified atom stereocenters. The maximum Gasteiger partial charge on any atom is 0.407 e. The van der Waals surface area contributed by atoms with Crippen LogP contribution in [0.3, 0.4) is 0 Å². The minimum absolute atomic E-state index is 0.000978. The molecule has 12 nitrogen and oxygen atoms in total. The Balaban J connectivity index is 1.60. The molecule has 0 heterocycles. The number of β-amino-alcohol motifs (C(OH)–C–C–N with tert-alkyl or cyclic N) is 1. The lowest BCUT2D eigenvalue weighted by molar-refractivity contribution is 0.0206. The number of carbonyl (C=O) groups excluding carboxylic acids is 1. The van der Waals surface area contributed by atoms with Crippen molar-refractivity contribution in [1.82, 2.24) is 9.62 Å². The summed E-state index contributed by atoms with van der Waals surface area (Å²) in [5, 5.41) is 14.7. The third-order valence-corrected chi connectivity index (χ3v) is 12.3. The first-order valence-electron chi connectivity index (χ1n) is 18.4. The van der Waals surface area contributed by atoms with Crippen molar-refractivity contribution in [3.05, 3.63) is 132 Å². The van der Waals surface area contributed by atoms with Gasteiger partial charge in [-0.1, -0.05) is 91.0 Å². The molecule has 0 aromatic heterocycles. The molecule has 0 bridgehead atoms. The molecule has 304 valence electrons. The summed E-state index contributed by atoms with van der Waals surface area (Å²) < 4.78 is 72.9. The zero-order chi connectivity index (χ0) is 40.8. The number of aliphatic hydroxyl groups excluding tert-OH is 1. The fourth-order valence-corrected chi connectivity index (χ4v) is 8.76. The Kier molecular flexibility index (Phi) is 16.2. The number of methoxy groups -OCH3 is 1. The van der Waals surface area contributed by atoms with Crippen molar-refractivity contribution in [3.8, 4) is 5.75 Å². The largest absolute Gasteiger partial charge is 0.497 e. The van der Waals surface area contributed by atoms with Gasteiger partial charge in [-0.15, -0.1) is 0 Å². The zero-order valence-corrected chi connectivity index (χ0v) is 34.7. The summed E-state index contributed by atoms with van der Waals surface area (Å²) in [6.07, 6.45) is -2.07. The van der Waals surface area contributed by atoms with Crippen molar-refractivity contribution in [1.29, 1.82) is 0 Å². The summed E-state index contributed by atoms with van der Waals surface area (Å²) in [6, 6.07) is 33.8. The first-order valence-corrected chi connectivity index (χ1v) is 21.6. The Hall–Kier alpha value is -4.07. The number of nitrogens with zero attached hydrogens (tertiary/aromatic N) is 1. The second kappa shape index (κ2) is 20.4. The zero-order valence-electron chi connectivity index (χ0n) is 33.0. The van der Waals surface area contributed by atoms with Crippen molar-refractivity contribution >= 4 is 23.7 Å². The van der Waals surface area contributed by atoms with Crippen molar-refractivity contribution in [2.75, 3.05) is 33.2 Å². The summed E-state index contributed by atoms with van der Waals surface area (Å²) in [5.74, 6) is -0.163. The van der Waals surface area contributed by atoms with Gasteiger partial charge in [0.25, 0.3) is 0 Å². The molecule has 0 saturated carbocycles. The van der Waals surface area contributed by atoms with E-state index in [-0.39, 0.29) is 37.8 Å². The van der Waals surface area contributed by atoms with Crippen LogP contribution in [0, 0.1) is 5.92 Å². The molecule has 4 aromatic rings. The highest BCUT2D eigenvalue weighted by Gasteiger charge is 2.41. The van der Waals surface area contributed by atoms with Gasteiger partial charge in [0, 0.05) is 19.0 Å². The highest BCUT2D eigenvalue weighted by atomic mass is 32.2. The number of hydrogen-bond acceptors (Lipinski definition) is 10. The van der Waals surface area contributed by atoms with Gasteiger partial charge in [0.05, 0.1) is 43.5 Å². The molecule has 2 atom stereocenters. The van der Waals surface area contributed by atoms with Gasteiger partial charge < -0.3 is 33.7 Å². The van der Waals surface area contributed by atoms with Gasteiger partial charge in [-0.2, -0.15) is 4.31 Å². The third kappa shape index (κ3) is 14.1. The molecule has 0 aliphatic carbocycles. The molecule has 0 aliphatic heterocycles. The van der Waals surface area contributed by atoms with Crippen LogP contribution in [0.15, 0.2) is 120 Å². The summed E-state index contributed by atoms with van der Waals surface area (Å²) in [4.78, 5) is 12.6. The van der Waals surface area contributed by atoms with Crippen molar-refractivity contribution < 1.29 is 46.1 Å². The average molecular weight is 811 g/mol. The lowest BCUT2D eigenvalue weighted by Gasteiger charge is -2.39.